The number of nitrogens with one attached hydrogen (secondary N) is 1. The third-order valence-corrected chi connectivity index (χ3v) is 6.60. The first-order chi connectivity index (χ1) is 21.3. The summed E-state index contributed by atoms with van der Waals surface area (Å²) in [4.78, 5) is 4.53. The molecule has 0 heterocycles. The molecule has 0 aliphatic carbocycles. The van der Waals surface area contributed by atoms with Crippen molar-refractivity contribution in [3.63, 3.8) is 0 Å². The summed E-state index contributed by atoms with van der Waals surface area (Å²) in [7, 11) is 0. The van der Waals surface area contributed by atoms with Crippen LogP contribution in [0.5, 0.6) is 0 Å². The van der Waals surface area contributed by atoms with Crippen LogP contribution in [0.3, 0.4) is 0 Å². The van der Waals surface area contributed by atoms with E-state index < -0.39 is 0 Å². The maximum absolute atomic E-state index is 3.56. The smallest absolute Gasteiger partial charge is 0.0463 e. The minimum absolute atomic E-state index is 1.04. The van der Waals surface area contributed by atoms with Crippen molar-refractivity contribution < 1.29 is 0 Å². The Kier molecular flexibility index (Phi) is 11.6. The van der Waals surface area contributed by atoms with Crippen LogP contribution in [0.25, 0.3) is 0 Å². The van der Waals surface area contributed by atoms with Crippen molar-refractivity contribution in [2.45, 2.75) is 27.7 Å². The molecule has 6 rings (SSSR count). The molecule has 0 saturated carbocycles. The Balaban J connectivity index is 0.00000102. The third kappa shape index (κ3) is 7.93. The zero-order valence-corrected chi connectivity index (χ0v) is 25.6. The van der Waals surface area contributed by atoms with Crippen molar-refractivity contribution >= 4 is 45.5 Å². The molecule has 43 heavy (non-hydrogen) atoms. The first kappa shape index (κ1) is 30.7. The van der Waals surface area contributed by atoms with Gasteiger partial charge in [0.25, 0.3) is 0 Å². The standard InChI is InChI=1S/C36H29N3.2C2H6/c1-5-13-31(14-6-1)38(32-15-7-2-8-16-32)35-25-21-29(22-26-35)37-30-23-27-36(28-24-30)39(33-17-9-3-10-18-33)34-19-11-4-12-20-34;2*1-2/h1-28,37H;2*1-2H3. The summed E-state index contributed by atoms with van der Waals surface area (Å²) in [5, 5.41) is 3.56. The summed E-state index contributed by atoms with van der Waals surface area (Å²) in [6.07, 6.45) is 0. The molecule has 0 amide bonds. The molecule has 0 aromatic heterocycles. The molecule has 0 spiro atoms. The third-order valence-electron chi connectivity index (χ3n) is 6.60. The fourth-order valence-corrected chi connectivity index (χ4v) is 4.76. The van der Waals surface area contributed by atoms with Gasteiger partial charge in [-0.3, -0.25) is 0 Å². The average Bonchev–Trinajstić information content (AvgIpc) is 3.10. The van der Waals surface area contributed by atoms with Crippen LogP contribution in [-0.2, 0) is 0 Å². The van der Waals surface area contributed by atoms with Crippen LogP contribution in [0.2, 0.25) is 0 Å². The van der Waals surface area contributed by atoms with Crippen LogP contribution in [0.4, 0.5) is 45.5 Å². The molecular weight excluding hydrogens is 522 g/mol. The Hall–Kier alpha value is -5.28. The Labute approximate surface area is 257 Å². The summed E-state index contributed by atoms with van der Waals surface area (Å²) >= 11 is 0. The van der Waals surface area contributed by atoms with E-state index in [1.165, 1.54) is 0 Å². The highest BCUT2D eigenvalue weighted by Crippen LogP contribution is 2.36. The highest BCUT2D eigenvalue weighted by molar-refractivity contribution is 5.79. The lowest BCUT2D eigenvalue weighted by Gasteiger charge is -2.26. The van der Waals surface area contributed by atoms with Crippen molar-refractivity contribution in [1.82, 2.24) is 0 Å². The fourth-order valence-electron chi connectivity index (χ4n) is 4.76. The molecule has 3 heteroatoms. The van der Waals surface area contributed by atoms with Gasteiger partial charge in [0.05, 0.1) is 0 Å². The van der Waals surface area contributed by atoms with Crippen molar-refractivity contribution in [1.29, 1.82) is 0 Å². The van der Waals surface area contributed by atoms with Crippen LogP contribution < -0.4 is 15.1 Å². The molecule has 0 bridgehead atoms. The van der Waals surface area contributed by atoms with E-state index >= 15 is 0 Å². The fraction of sp³-hybridized carbons (Fsp3) is 0.100. The second kappa shape index (κ2) is 16.2. The summed E-state index contributed by atoms with van der Waals surface area (Å²) in [5.74, 6) is 0. The van der Waals surface area contributed by atoms with Gasteiger partial charge < -0.3 is 15.1 Å². The normalized spacial score (nSPS) is 9.86. The first-order valence-electron chi connectivity index (χ1n) is 15.1. The Morgan fingerprint density at radius 1 is 0.279 bits per heavy atom. The SMILES string of the molecule is CC.CC.c1ccc(N(c2ccccc2)c2ccc(Nc3ccc(N(c4ccccc4)c4ccccc4)cc3)cc2)cc1. The molecule has 0 atom stereocenters. The molecule has 6 aromatic carbocycles. The molecule has 0 fully saturated rings. The summed E-state index contributed by atoms with van der Waals surface area (Å²) < 4.78 is 0. The number of anilines is 8. The van der Waals surface area contributed by atoms with Crippen LogP contribution >= 0.6 is 0 Å². The number of hydrogen-bond acceptors (Lipinski definition) is 3. The molecule has 0 unspecified atom stereocenters. The van der Waals surface area contributed by atoms with Gasteiger partial charge in [0, 0.05) is 45.5 Å². The van der Waals surface area contributed by atoms with Gasteiger partial charge in [-0.25, -0.2) is 0 Å². The van der Waals surface area contributed by atoms with E-state index in [0.29, 0.717) is 0 Å². The lowest BCUT2D eigenvalue weighted by Crippen LogP contribution is -2.09. The van der Waals surface area contributed by atoms with Gasteiger partial charge in [0.15, 0.2) is 0 Å². The lowest BCUT2D eigenvalue weighted by atomic mass is 10.1. The van der Waals surface area contributed by atoms with Gasteiger partial charge in [-0.05, 0) is 97.1 Å². The molecule has 1 N–H and O–H groups in total. The van der Waals surface area contributed by atoms with Gasteiger partial charge in [-0.2, -0.15) is 0 Å². The molecule has 6 aromatic rings. The van der Waals surface area contributed by atoms with Crippen LogP contribution in [0.15, 0.2) is 170 Å². The van der Waals surface area contributed by atoms with E-state index in [9.17, 15) is 0 Å². The second-order valence-electron chi connectivity index (χ2n) is 9.23. The predicted molar refractivity (Wildman–Crippen MR) is 188 cm³/mol. The van der Waals surface area contributed by atoms with E-state index in [-0.39, 0.29) is 0 Å². The Morgan fingerprint density at radius 3 is 0.721 bits per heavy atom. The summed E-state index contributed by atoms with van der Waals surface area (Å²) in [6, 6.07) is 59.0. The molecule has 0 saturated heterocycles. The predicted octanol–water partition coefficient (Wildman–Crippen LogP) is 12.4. The second-order valence-corrected chi connectivity index (χ2v) is 9.23. The number of nitrogens with zero attached hydrogens (tertiary/aromatic N) is 2. The maximum Gasteiger partial charge on any atom is 0.0463 e. The van der Waals surface area contributed by atoms with Crippen LogP contribution in [-0.4, -0.2) is 0 Å². The molecule has 3 nitrogen and oxygen atoms in total. The zero-order chi connectivity index (χ0) is 30.3. The van der Waals surface area contributed by atoms with Crippen molar-refractivity contribution in [2.24, 2.45) is 0 Å². The minimum atomic E-state index is 1.04. The van der Waals surface area contributed by atoms with E-state index in [4.69, 9.17) is 0 Å². The molecule has 216 valence electrons. The lowest BCUT2D eigenvalue weighted by molar-refractivity contribution is 1.28. The highest BCUT2D eigenvalue weighted by atomic mass is 15.1. The molecule has 0 radical (unpaired) electrons. The quantitative estimate of drug-likeness (QED) is 0.199. The van der Waals surface area contributed by atoms with E-state index in [1.807, 2.05) is 52.0 Å². The van der Waals surface area contributed by atoms with Crippen molar-refractivity contribution in [3.05, 3.63) is 170 Å². The molecular formula is C40H41N3. The van der Waals surface area contributed by atoms with Crippen molar-refractivity contribution in [3.8, 4) is 0 Å². The minimum Gasteiger partial charge on any atom is -0.356 e. The average molecular weight is 564 g/mol. The van der Waals surface area contributed by atoms with Gasteiger partial charge in [0.1, 0.15) is 0 Å². The van der Waals surface area contributed by atoms with Crippen LogP contribution in [0, 0.1) is 0 Å². The van der Waals surface area contributed by atoms with Crippen LogP contribution in [0.1, 0.15) is 27.7 Å². The summed E-state index contributed by atoms with van der Waals surface area (Å²) in [6.45, 7) is 8.00. The summed E-state index contributed by atoms with van der Waals surface area (Å²) in [5.41, 5.74) is 8.79. The van der Waals surface area contributed by atoms with E-state index in [0.717, 1.165) is 45.5 Å². The number of para-hydroxylation sites is 4. The van der Waals surface area contributed by atoms with Gasteiger partial charge in [-0.15, -0.1) is 0 Å². The Morgan fingerprint density at radius 2 is 0.488 bits per heavy atom. The maximum atomic E-state index is 3.56. The molecule has 0 aliphatic rings. The van der Waals surface area contributed by atoms with Crippen molar-refractivity contribution in [2.75, 3.05) is 15.1 Å². The molecule has 0 aliphatic heterocycles. The Bertz CT molecular complexity index is 1380. The van der Waals surface area contributed by atoms with Gasteiger partial charge in [-0.1, -0.05) is 100 Å². The van der Waals surface area contributed by atoms with E-state index in [2.05, 4.69) is 161 Å². The largest absolute Gasteiger partial charge is 0.356 e. The van der Waals surface area contributed by atoms with Gasteiger partial charge >= 0.3 is 0 Å². The highest BCUT2D eigenvalue weighted by Gasteiger charge is 2.13. The van der Waals surface area contributed by atoms with Gasteiger partial charge in [0.2, 0.25) is 0 Å². The number of rotatable bonds is 8. The van der Waals surface area contributed by atoms with E-state index in [1.54, 1.807) is 0 Å². The first-order valence-corrected chi connectivity index (χ1v) is 15.1. The zero-order valence-electron chi connectivity index (χ0n) is 25.6. The monoisotopic (exact) mass is 563 g/mol. The number of benzene rings is 6. The number of hydrogen-bond donors (Lipinski definition) is 1. The topological polar surface area (TPSA) is 18.5 Å².